The van der Waals surface area contributed by atoms with Gasteiger partial charge < -0.3 is 19.3 Å². The molecule has 2 aliphatic heterocycles. The standard InChI is InChI=1S/C22H29N5O2/c1-15-7-5-6-8-18(15)21-19-13-26(20(28)14-25-10-9-23-16(25)2)11-17(19)12-27(21)22(29)24(3)4/h5-10,17,19,21H,11-14H2,1-4H3/t17-,19-,21+/m1/s1. The van der Waals surface area contributed by atoms with Crippen molar-refractivity contribution in [2.75, 3.05) is 33.7 Å². The van der Waals surface area contributed by atoms with Crippen LogP contribution >= 0.6 is 0 Å². The van der Waals surface area contributed by atoms with Gasteiger partial charge in [0, 0.05) is 58.0 Å². The number of urea groups is 1. The number of fused-ring (bicyclic) bond motifs is 1. The lowest BCUT2D eigenvalue weighted by molar-refractivity contribution is -0.131. The van der Waals surface area contributed by atoms with Crippen molar-refractivity contribution in [3.63, 3.8) is 0 Å². The predicted molar refractivity (Wildman–Crippen MR) is 110 cm³/mol. The minimum Gasteiger partial charge on any atom is -0.340 e. The second-order valence-electron chi connectivity index (χ2n) is 8.46. The van der Waals surface area contributed by atoms with Crippen LogP contribution in [0.5, 0.6) is 0 Å². The molecule has 0 spiro atoms. The number of amides is 3. The molecule has 0 N–H and O–H groups in total. The lowest BCUT2D eigenvalue weighted by Crippen LogP contribution is -2.42. The maximum Gasteiger partial charge on any atom is 0.320 e. The van der Waals surface area contributed by atoms with Crippen molar-refractivity contribution in [3.05, 3.63) is 53.6 Å². The molecule has 2 aromatic rings. The molecule has 0 radical (unpaired) electrons. The lowest BCUT2D eigenvalue weighted by atomic mass is 9.88. The molecule has 3 amide bonds. The maximum atomic E-state index is 12.9. The number of benzene rings is 1. The highest BCUT2D eigenvalue weighted by Gasteiger charge is 2.50. The third kappa shape index (κ3) is 3.50. The van der Waals surface area contributed by atoms with Crippen LogP contribution in [-0.4, -0.2) is 69.9 Å². The number of carbonyl (C=O) groups is 2. The van der Waals surface area contributed by atoms with Crippen molar-refractivity contribution in [3.8, 4) is 0 Å². The van der Waals surface area contributed by atoms with E-state index in [9.17, 15) is 9.59 Å². The van der Waals surface area contributed by atoms with Crippen LogP contribution in [-0.2, 0) is 11.3 Å². The molecule has 0 saturated carbocycles. The first kappa shape index (κ1) is 19.5. The second-order valence-corrected chi connectivity index (χ2v) is 8.46. The number of carbonyl (C=O) groups excluding carboxylic acids is 2. The summed E-state index contributed by atoms with van der Waals surface area (Å²) >= 11 is 0. The Morgan fingerprint density at radius 2 is 1.90 bits per heavy atom. The zero-order valence-electron chi connectivity index (χ0n) is 17.6. The van der Waals surface area contributed by atoms with Crippen LogP contribution in [0.15, 0.2) is 36.7 Å². The molecule has 29 heavy (non-hydrogen) atoms. The molecule has 0 bridgehead atoms. The molecule has 3 heterocycles. The number of nitrogens with zero attached hydrogens (tertiary/aromatic N) is 5. The first-order chi connectivity index (χ1) is 13.9. The monoisotopic (exact) mass is 395 g/mol. The Morgan fingerprint density at radius 1 is 1.14 bits per heavy atom. The summed E-state index contributed by atoms with van der Waals surface area (Å²) in [5.74, 6) is 1.52. The Labute approximate surface area is 171 Å². The van der Waals surface area contributed by atoms with E-state index < -0.39 is 0 Å². The first-order valence-electron chi connectivity index (χ1n) is 10.2. The number of aryl methyl sites for hydroxylation is 2. The first-order valence-corrected chi connectivity index (χ1v) is 10.2. The fourth-order valence-corrected chi connectivity index (χ4v) is 4.84. The van der Waals surface area contributed by atoms with E-state index in [4.69, 9.17) is 0 Å². The van der Waals surface area contributed by atoms with Crippen LogP contribution in [0, 0.1) is 25.7 Å². The highest BCUT2D eigenvalue weighted by Crippen LogP contribution is 2.46. The van der Waals surface area contributed by atoms with Crippen molar-refractivity contribution in [1.29, 1.82) is 0 Å². The van der Waals surface area contributed by atoms with Gasteiger partial charge in [0.05, 0.1) is 6.04 Å². The van der Waals surface area contributed by atoms with Crippen molar-refractivity contribution < 1.29 is 9.59 Å². The van der Waals surface area contributed by atoms with Gasteiger partial charge in [0.25, 0.3) is 0 Å². The molecule has 2 fully saturated rings. The van der Waals surface area contributed by atoms with Gasteiger partial charge in [-0.05, 0) is 25.0 Å². The average molecular weight is 396 g/mol. The summed E-state index contributed by atoms with van der Waals surface area (Å²) < 4.78 is 1.89. The zero-order valence-corrected chi connectivity index (χ0v) is 17.6. The molecule has 2 aliphatic rings. The normalized spacial score (nSPS) is 23.4. The Morgan fingerprint density at radius 3 is 2.55 bits per heavy atom. The zero-order chi connectivity index (χ0) is 20.7. The minimum absolute atomic E-state index is 0.00359. The van der Waals surface area contributed by atoms with Crippen LogP contribution in [0.1, 0.15) is 23.0 Å². The predicted octanol–water partition coefficient (Wildman–Crippen LogP) is 2.31. The van der Waals surface area contributed by atoms with Crippen molar-refractivity contribution in [2.24, 2.45) is 11.8 Å². The van der Waals surface area contributed by atoms with E-state index in [0.29, 0.717) is 32.1 Å². The molecule has 0 aliphatic carbocycles. The molecule has 4 rings (SSSR count). The maximum absolute atomic E-state index is 12.9. The molecular formula is C22H29N5O2. The smallest absolute Gasteiger partial charge is 0.320 e. The van der Waals surface area contributed by atoms with Crippen molar-refractivity contribution in [1.82, 2.24) is 24.3 Å². The highest BCUT2D eigenvalue weighted by molar-refractivity contribution is 5.77. The summed E-state index contributed by atoms with van der Waals surface area (Å²) in [6.07, 6.45) is 3.57. The number of hydrogen-bond acceptors (Lipinski definition) is 3. The fourth-order valence-electron chi connectivity index (χ4n) is 4.84. The van der Waals surface area contributed by atoms with Crippen LogP contribution < -0.4 is 0 Å². The number of rotatable bonds is 3. The summed E-state index contributed by atoms with van der Waals surface area (Å²) in [6.45, 7) is 6.41. The molecular weight excluding hydrogens is 366 g/mol. The van der Waals surface area contributed by atoms with E-state index in [2.05, 4.69) is 24.0 Å². The number of aromatic nitrogens is 2. The molecule has 1 aromatic heterocycles. The lowest BCUT2D eigenvalue weighted by Gasteiger charge is -2.32. The Bertz CT molecular complexity index is 921. The summed E-state index contributed by atoms with van der Waals surface area (Å²) in [5.41, 5.74) is 2.38. The van der Waals surface area contributed by atoms with Crippen LogP contribution in [0.2, 0.25) is 0 Å². The summed E-state index contributed by atoms with van der Waals surface area (Å²) in [4.78, 5) is 35.6. The van der Waals surface area contributed by atoms with Gasteiger partial charge in [0.15, 0.2) is 0 Å². The van der Waals surface area contributed by atoms with E-state index >= 15 is 0 Å². The third-order valence-corrected chi connectivity index (χ3v) is 6.38. The van der Waals surface area contributed by atoms with E-state index in [1.54, 1.807) is 25.2 Å². The van der Waals surface area contributed by atoms with Crippen LogP contribution in [0.3, 0.4) is 0 Å². The molecule has 3 atom stereocenters. The Balaban J connectivity index is 1.57. The largest absolute Gasteiger partial charge is 0.340 e. The third-order valence-electron chi connectivity index (χ3n) is 6.38. The summed E-state index contributed by atoms with van der Waals surface area (Å²) in [5, 5.41) is 0. The van der Waals surface area contributed by atoms with E-state index in [1.165, 1.54) is 11.1 Å². The van der Waals surface area contributed by atoms with Gasteiger partial charge in [0.2, 0.25) is 5.91 Å². The van der Waals surface area contributed by atoms with Gasteiger partial charge in [-0.1, -0.05) is 24.3 Å². The summed E-state index contributed by atoms with van der Waals surface area (Å²) in [6, 6.07) is 8.33. The molecule has 154 valence electrons. The molecule has 7 nitrogen and oxygen atoms in total. The molecule has 0 unspecified atom stereocenters. The van der Waals surface area contributed by atoms with Gasteiger partial charge in [-0.25, -0.2) is 9.78 Å². The Kier molecular flexibility index (Phi) is 5.06. The van der Waals surface area contributed by atoms with E-state index in [-0.39, 0.29) is 23.9 Å². The van der Waals surface area contributed by atoms with Gasteiger partial charge in [-0.15, -0.1) is 0 Å². The minimum atomic E-state index is 0.00359. The van der Waals surface area contributed by atoms with Gasteiger partial charge >= 0.3 is 6.03 Å². The fraction of sp³-hybridized carbons (Fsp3) is 0.500. The molecule has 2 saturated heterocycles. The van der Waals surface area contributed by atoms with Gasteiger partial charge in [-0.2, -0.15) is 0 Å². The van der Waals surface area contributed by atoms with Crippen molar-refractivity contribution >= 4 is 11.9 Å². The van der Waals surface area contributed by atoms with E-state index in [0.717, 1.165) is 5.82 Å². The van der Waals surface area contributed by atoms with Crippen molar-refractivity contribution in [2.45, 2.75) is 26.4 Å². The quantitative estimate of drug-likeness (QED) is 0.801. The average Bonchev–Trinajstić information content (AvgIpc) is 3.36. The SMILES string of the molecule is Cc1ccccc1[C@H]1[C@@H]2CN(C(=O)Cn3ccnc3C)C[C@@H]2CN1C(=O)N(C)C. The van der Waals surface area contributed by atoms with E-state index in [1.807, 2.05) is 39.6 Å². The summed E-state index contributed by atoms with van der Waals surface area (Å²) in [7, 11) is 3.60. The van der Waals surface area contributed by atoms with Crippen LogP contribution in [0.4, 0.5) is 4.79 Å². The van der Waals surface area contributed by atoms with Gasteiger partial charge in [-0.3, -0.25) is 4.79 Å². The number of hydrogen-bond donors (Lipinski definition) is 0. The highest BCUT2D eigenvalue weighted by atomic mass is 16.2. The molecule has 1 aromatic carbocycles. The van der Waals surface area contributed by atoms with Gasteiger partial charge in [0.1, 0.15) is 12.4 Å². The Hall–Kier alpha value is -2.83. The topological polar surface area (TPSA) is 61.7 Å². The number of likely N-dealkylation sites (tertiary alicyclic amines) is 2. The second kappa shape index (κ2) is 7.54. The van der Waals surface area contributed by atoms with Crippen LogP contribution in [0.25, 0.3) is 0 Å². The number of imidazole rings is 1. The molecule has 7 heteroatoms.